The Morgan fingerprint density at radius 2 is 0.562 bits per heavy atom. The minimum atomic E-state index is -0.799. The van der Waals surface area contributed by atoms with Crippen molar-refractivity contribution in [2.24, 2.45) is 0 Å². The van der Waals surface area contributed by atoms with Crippen LogP contribution in [0.3, 0.4) is 0 Å². The summed E-state index contributed by atoms with van der Waals surface area (Å²) in [4.78, 5) is 38.1. The molecular formula is C67H110O6. The van der Waals surface area contributed by atoms with Crippen LogP contribution >= 0.6 is 0 Å². The van der Waals surface area contributed by atoms with Gasteiger partial charge in [0.25, 0.3) is 0 Å². The van der Waals surface area contributed by atoms with E-state index >= 15 is 0 Å². The van der Waals surface area contributed by atoms with Gasteiger partial charge in [0.15, 0.2) is 6.10 Å². The highest BCUT2D eigenvalue weighted by Gasteiger charge is 2.19. The molecular weight excluding hydrogens is 901 g/mol. The van der Waals surface area contributed by atoms with Crippen molar-refractivity contribution in [2.45, 2.75) is 271 Å². The Labute approximate surface area is 450 Å². The van der Waals surface area contributed by atoms with Crippen LogP contribution in [0, 0.1) is 0 Å². The van der Waals surface area contributed by atoms with Crippen molar-refractivity contribution in [1.29, 1.82) is 0 Å². The maximum atomic E-state index is 12.8. The van der Waals surface area contributed by atoms with E-state index in [4.69, 9.17) is 14.2 Å². The molecule has 0 fully saturated rings. The van der Waals surface area contributed by atoms with E-state index in [2.05, 4.69) is 142 Å². The van der Waals surface area contributed by atoms with Gasteiger partial charge in [-0.2, -0.15) is 0 Å². The van der Waals surface area contributed by atoms with E-state index in [1.165, 1.54) is 70.6 Å². The summed E-state index contributed by atoms with van der Waals surface area (Å²) in [7, 11) is 0. The number of allylic oxidation sites excluding steroid dienone is 20. The molecule has 0 spiro atoms. The third kappa shape index (κ3) is 58.6. The molecule has 0 N–H and O–H groups in total. The summed E-state index contributed by atoms with van der Waals surface area (Å²) in [5.74, 6) is -0.941. The Morgan fingerprint density at radius 3 is 0.904 bits per heavy atom. The maximum absolute atomic E-state index is 12.8. The molecule has 0 aromatic carbocycles. The highest BCUT2D eigenvalue weighted by atomic mass is 16.6. The van der Waals surface area contributed by atoms with Gasteiger partial charge in [0.2, 0.25) is 0 Å². The van der Waals surface area contributed by atoms with Gasteiger partial charge in [0, 0.05) is 19.3 Å². The number of hydrogen-bond acceptors (Lipinski definition) is 6. The van der Waals surface area contributed by atoms with Gasteiger partial charge in [-0.1, -0.05) is 239 Å². The molecule has 0 aliphatic heterocycles. The maximum Gasteiger partial charge on any atom is 0.306 e. The molecule has 0 amide bonds. The van der Waals surface area contributed by atoms with Gasteiger partial charge >= 0.3 is 17.9 Å². The zero-order valence-electron chi connectivity index (χ0n) is 47.4. The fourth-order valence-electron chi connectivity index (χ4n) is 7.92. The highest BCUT2D eigenvalue weighted by Crippen LogP contribution is 2.14. The average molecular weight is 1010 g/mol. The number of hydrogen-bond donors (Lipinski definition) is 0. The smallest absolute Gasteiger partial charge is 0.306 e. The fraction of sp³-hybridized carbons (Fsp3) is 0.657. The summed E-state index contributed by atoms with van der Waals surface area (Å²) in [6.45, 7) is 6.42. The number of rotatable bonds is 53. The Kier molecular flexibility index (Phi) is 56.9. The van der Waals surface area contributed by atoms with Gasteiger partial charge in [-0.15, -0.1) is 0 Å². The largest absolute Gasteiger partial charge is 0.462 e. The normalized spacial score (nSPS) is 13.0. The molecule has 1 unspecified atom stereocenters. The second kappa shape index (κ2) is 60.4. The average Bonchev–Trinajstić information content (AvgIpc) is 3.39. The molecule has 414 valence electrons. The van der Waals surface area contributed by atoms with Crippen LogP contribution in [0.25, 0.3) is 0 Å². The van der Waals surface area contributed by atoms with Crippen molar-refractivity contribution < 1.29 is 28.6 Å². The predicted molar refractivity (Wildman–Crippen MR) is 316 cm³/mol. The van der Waals surface area contributed by atoms with Crippen molar-refractivity contribution >= 4 is 17.9 Å². The van der Waals surface area contributed by atoms with Crippen molar-refractivity contribution in [3.8, 4) is 0 Å². The first-order chi connectivity index (χ1) is 36.0. The molecule has 0 aromatic rings. The zero-order chi connectivity index (χ0) is 52.9. The number of ether oxygens (including phenoxy) is 3. The third-order valence-corrected chi connectivity index (χ3v) is 12.4. The summed E-state index contributed by atoms with van der Waals surface area (Å²) < 4.78 is 16.8. The Morgan fingerprint density at radius 1 is 0.288 bits per heavy atom. The topological polar surface area (TPSA) is 78.9 Å². The van der Waals surface area contributed by atoms with Crippen LogP contribution in [0.4, 0.5) is 0 Å². The molecule has 0 heterocycles. The molecule has 6 heteroatoms. The summed E-state index contributed by atoms with van der Waals surface area (Å²) in [5, 5.41) is 0. The number of carbonyl (C=O) groups excluding carboxylic acids is 3. The second-order valence-corrected chi connectivity index (χ2v) is 19.5. The predicted octanol–water partition coefficient (Wildman–Crippen LogP) is 20.4. The van der Waals surface area contributed by atoms with Gasteiger partial charge in [0.05, 0.1) is 0 Å². The van der Waals surface area contributed by atoms with Gasteiger partial charge in [-0.3, -0.25) is 14.4 Å². The molecule has 0 aliphatic rings. The van der Waals surface area contributed by atoms with Crippen molar-refractivity contribution in [2.75, 3.05) is 13.2 Å². The zero-order valence-corrected chi connectivity index (χ0v) is 47.4. The first-order valence-corrected chi connectivity index (χ1v) is 30.0. The van der Waals surface area contributed by atoms with E-state index in [1.54, 1.807) is 0 Å². The van der Waals surface area contributed by atoms with Gasteiger partial charge < -0.3 is 14.2 Å². The SMILES string of the molecule is CC/C=C\C/C=C\C/C=C\C/C=C\C/C=C\C/C=C\C/C=C\C/C=C\CCCCCCC(=O)OCC(COC(=O)CCCCCCC/C=C\CCC)OC(=O)CCCCCCC/C=C\CCCCCCCCC. The molecule has 0 aliphatic carbocycles. The minimum absolute atomic E-state index is 0.0960. The second-order valence-electron chi connectivity index (χ2n) is 19.5. The minimum Gasteiger partial charge on any atom is -0.462 e. The van der Waals surface area contributed by atoms with E-state index in [0.717, 1.165) is 154 Å². The van der Waals surface area contributed by atoms with E-state index in [0.29, 0.717) is 19.3 Å². The van der Waals surface area contributed by atoms with Gasteiger partial charge in [-0.05, 0) is 128 Å². The molecule has 0 radical (unpaired) electrons. The van der Waals surface area contributed by atoms with Crippen LogP contribution in [0.15, 0.2) is 122 Å². The van der Waals surface area contributed by atoms with Gasteiger partial charge in [-0.25, -0.2) is 0 Å². The van der Waals surface area contributed by atoms with Crippen LogP contribution < -0.4 is 0 Å². The van der Waals surface area contributed by atoms with Crippen molar-refractivity contribution in [3.05, 3.63) is 122 Å². The third-order valence-electron chi connectivity index (χ3n) is 12.4. The molecule has 0 rings (SSSR count). The lowest BCUT2D eigenvalue weighted by Gasteiger charge is -2.18. The Hall–Kier alpha value is -4.19. The molecule has 0 saturated carbocycles. The molecule has 0 aromatic heterocycles. The van der Waals surface area contributed by atoms with E-state index in [-0.39, 0.29) is 31.1 Å². The Bertz CT molecular complexity index is 1540. The summed E-state index contributed by atoms with van der Waals surface area (Å²) >= 11 is 0. The van der Waals surface area contributed by atoms with Crippen LogP contribution in [-0.4, -0.2) is 37.2 Å². The first-order valence-electron chi connectivity index (χ1n) is 30.0. The fourth-order valence-corrected chi connectivity index (χ4v) is 7.92. The van der Waals surface area contributed by atoms with Crippen LogP contribution in [0.1, 0.15) is 265 Å². The van der Waals surface area contributed by atoms with E-state index < -0.39 is 6.10 Å². The molecule has 1 atom stereocenters. The molecule has 6 nitrogen and oxygen atoms in total. The highest BCUT2D eigenvalue weighted by molar-refractivity contribution is 5.71. The summed E-state index contributed by atoms with van der Waals surface area (Å²) in [6, 6.07) is 0. The van der Waals surface area contributed by atoms with E-state index in [1.807, 2.05) is 0 Å². The molecule has 0 bridgehead atoms. The monoisotopic (exact) mass is 1010 g/mol. The molecule has 0 saturated heterocycles. The number of carbonyl (C=O) groups is 3. The summed E-state index contributed by atoms with van der Waals surface area (Å²) in [5.41, 5.74) is 0. The number of esters is 3. The van der Waals surface area contributed by atoms with Crippen molar-refractivity contribution in [1.82, 2.24) is 0 Å². The Balaban J connectivity index is 4.34. The molecule has 73 heavy (non-hydrogen) atoms. The van der Waals surface area contributed by atoms with Crippen LogP contribution in [0.5, 0.6) is 0 Å². The lowest BCUT2D eigenvalue weighted by molar-refractivity contribution is -0.167. The lowest BCUT2D eigenvalue weighted by atomic mass is 10.1. The van der Waals surface area contributed by atoms with Gasteiger partial charge in [0.1, 0.15) is 13.2 Å². The van der Waals surface area contributed by atoms with Crippen molar-refractivity contribution in [3.63, 3.8) is 0 Å². The van der Waals surface area contributed by atoms with E-state index in [9.17, 15) is 14.4 Å². The van der Waals surface area contributed by atoms with Crippen LogP contribution in [-0.2, 0) is 28.6 Å². The lowest BCUT2D eigenvalue weighted by Crippen LogP contribution is -2.30. The first kappa shape index (κ1) is 68.8. The standard InChI is InChI=1S/C67H110O6/c1-4-7-10-13-16-19-22-24-26-28-29-30-31-32-33-34-35-36-37-38-39-40-42-43-45-48-51-54-57-60-66(69)72-63-64(62-71-65(68)59-56-53-50-47-21-18-15-12-9-6-3)73-67(70)61-58-55-52-49-46-44-41-27-25-23-20-17-14-11-8-5-2/h7,10,12,15-16,19,24,26-27,29-30,32-33,35-36,38-39,41-43,64H,4-6,8-9,11,13-14,17-18,20-23,25,28,31,34,37,40,44-63H2,1-3H3/b10-7-,15-12-,19-16-,26-24-,30-29-,33-32-,36-35-,39-38-,41-27-,43-42-. The summed E-state index contributed by atoms with van der Waals surface area (Å²) in [6.07, 6.45) is 83.4. The quantitative estimate of drug-likeness (QED) is 0.0261. The number of unbranched alkanes of at least 4 members (excludes halogenated alkanes) is 22. The van der Waals surface area contributed by atoms with Crippen LogP contribution in [0.2, 0.25) is 0 Å².